The zero-order valence-corrected chi connectivity index (χ0v) is 31.8. The first-order valence-electron chi connectivity index (χ1n) is 19.0. The van der Waals surface area contributed by atoms with Gasteiger partial charge >= 0.3 is 11.4 Å². The van der Waals surface area contributed by atoms with Crippen LogP contribution in [0.2, 0.25) is 0 Å². The zero-order valence-electron chi connectivity index (χ0n) is 31.0. The van der Waals surface area contributed by atoms with Gasteiger partial charge in [0, 0.05) is 23.3 Å². The minimum atomic E-state index is -0.447. The summed E-state index contributed by atoms with van der Waals surface area (Å²) in [4.78, 5) is 22.8. The van der Waals surface area contributed by atoms with E-state index in [-0.39, 0.29) is 22.9 Å². The molecule has 4 rings (SSSR count). The summed E-state index contributed by atoms with van der Waals surface area (Å²) in [5.41, 5.74) is 3.04. The molecule has 0 spiro atoms. The Morgan fingerprint density at radius 1 is 0.547 bits per heavy atom. The van der Waals surface area contributed by atoms with E-state index in [2.05, 4.69) is 46.3 Å². The second-order valence-electron chi connectivity index (χ2n) is 13.1. The van der Waals surface area contributed by atoms with Crippen LogP contribution >= 0.6 is 11.7 Å². The molecule has 10 nitrogen and oxygen atoms in total. The summed E-state index contributed by atoms with van der Waals surface area (Å²) in [5.74, 6) is 12.7. The number of rotatable bonds is 22. The maximum atomic E-state index is 11.8. The number of nitrogens with zero attached hydrogens (tertiary/aromatic N) is 4. The fourth-order valence-electron chi connectivity index (χ4n) is 5.90. The van der Waals surface area contributed by atoms with Gasteiger partial charge in [-0.25, -0.2) is 0 Å². The summed E-state index contributed by atoms with van der Waals surface area (Å²) in [6.45, 7) is 5.28. The molecule has 0 aliphatic heterocycles. The van der Waals surface area contributed by atoms with E-state index in [1.807, 2.05) is 0 Å². The number of nitro benzene ring substituents is 2. The fraction of sp³-hybridized carbons (Fsp3) is 0.476. The Bertz CT molecular complexity index is 1780. The third-order valence-corrected chi connectivity index (χ3v) is 9.45. The first-order valence-corrected chi connectivity index (χ1v) is 19.8. The number of benzene rings is 3. The van der Waals surface area contributed by atoms with Crippen molar-refractivity contribution < 1.29 is 19.3 Å². The maximum absolute atomic E-state index is 11.8. The third kappa shape index (κ3) is 13.5. The smallest absolute Gasteiger partial charge is 0.312 e. The second-order valence-corrected chi connectivity index (χ2v) is 13.7. The van der Waals surface area contributed by atoms with Crippen molar-refractivity contribution in [2.45, 2.75) is 117 Å². The topological polar surface area (TPSA) is 131 Å². The Balaban J connectivity index is 1.37. The SMILES string of the molecule is CCCCCCCCCCOc1ccc(C#Cc2ccc(C#Cc3ccc(OCCCCCCCCCC)c([N+](=O)[O-])c3)c3nsnc23)cc1[N+](=O)[O-]. The summed E-state index contributed by atoms with van der Waals surface area (Å²) in [6.07, 6.45) is 18.6. The van der Waals surface area contributed by atoms with Crippen molar-refractivity contribution in [2.75, 3.05) is 13.2 Å². The lowest BCUT2D eigenvalue weighted by Gasteiger charge is -2.07. The molecule has 3 aromatic carbocycles. The van der Waals surface area contributed by atoms with Gasteiger partial charge in [0.05, 0.1) is 45.9 Å². The molecule has 0 saturated heterocycles. The van der Waals surface area contributed by atoms with Gasteiger partial charge in [-0.2, -0.15) is 8.75 Å². The van der Waals surface area contributed by atoms with Crippen molar-refractivity contribution in [3.05, 3.63) is 91.0 Å². The van der Waals surface area contributed by atoms with E-state index in [0.29, 0.717) is 46.5 Å². The highest BCUT2D eigenvalue weighted by Gasteiger charge is 2.17. The molecular formula is C42H50N4O6S. The predicted octanol–water partition coefficient (Wildman–Crippen LogP) is 11.3. The summed E-state index contributed by atoms with van der Waals surface area (Å²) in [6, 6.07) is 13.0. The van der Waals surface area contributed by atoms with Gasteiger partial charge in [-0.3, -0.25) is 20.2 Å². The average molecular weight is 739 g/mol. The third-order valence-electron chi connectivity index (χ3n) is 8.92. The van der Waals surface area contributed by atoms with E-state index in [1.54, 1.807) is 36.4 Å². The van der Waals surface area contributed by atoms with Crippen molar-refractivity contribution in [1.29, 1.82) is 0 Å². The summed E-state index contributed by atoms with van der Waals surface area (Å²) in [7, 11) is 0. The molecular weight excluding hydrogens is 689 g/mol. The molecule has 0 aliphatic rings. The molecule has 4 aromatic rings. The Morgan fingerprint density at radius 3 is 1.30 bits per heavy atom. The number of nitro groups is 2. The van der Waals surface area contributed by atoms with Crippen LogP contribution in [-0.4, -0.2) is 31.8 Å². The standard InChI is InChI=1S/C42H50N4O6S/c1-3-5-7-9-11-13-15-17-29-51-39-27-21-33(31-37(39)45(47)48)19-23-35-25-26-36(42-41(35)43-53-44-42)24-20-34-22-28-40(38(32-34)46(49)50)52-30-18-16-14-12-10-8-6-4-2/h21-22,25-28,31-32H,3-18,29-30H2,1-2H3. The molecule has 0 radical (unpaired) electrons. The lowest BCUT2D eigenvalue weighted by molar-refractivity contribution is -0.386. The average Bonchev–Trinajstić information content (AvgIpc) is 3.66. The van der Waals surface area contributed by atoms with Crippen molar-refractivity contribution in [3.63, 3.8) is 0 Å². The van der Waals surface area contributed by atoms with Crippen LogP contribution in [0.1, 0.15) is 139 Å². The van der Waals surface area contributed by atoms with Crippen LogP contribution in [0.15, 0.2) is 48.5 Å². The fourth-order valence-corrected chi connectivity index (χ4v) is 6.48. The Kier molecular flexibility index (Phi) is 17.6. The first-order chi connectivity index (χ1) is 25.9. The molecule has 1 aromatic heterocycles. The minimum absolute atomic E-state index is 0.120. The number of unbranched alkanes of at least 4 members (excludes halogenated alkanes) is 14. The summed E-state index contributed by atoms with van der Waals surface area (Å²) in [5, 5.41) is 23.7. The maximum Gasteiger partial charge on any atom is 0.312 e. The van der Waals surface area contributed by atoms with Crippen molar-refractivity contribution in [3.8, 4) is 35.2 Å². The van der Waals surface area contributed by atoms with E-state index in [9.17, 15) is 20.2 Å². The van der Waals surface area contributed by atoms with E-state index in [4.69, 9.17) is 9.47 Å². The van der Waals surface area contributed by atoms with Crippen LogP contribution in [0.4, 0.5) is 11.4 Å². The van der Waals surface area contributed by atoms with Crippen molar-refractivity contribution in [2.24, 2.45) is 0 Å². The van der Waals surface area contributed by atoms with Gasteiger partial charge in [-0.1, -0.05) is 127 Å². The van der Waals surface area contributed by atoms with Crippen LogP contribution in [0.25, 0.3) is 11.0 Å². The highest BCUT2D eigenvalue weighted by molar-refractivity contribution is 7.00. The number of aromatic nitrogens is 2. The molecule has 0 unspecified atom stereocenters. The predicted molar refractivity (Wildman–Crippen MR) is 212 cm³/mol. The number of fused-ring (bicyclic) bond motifs is 1. The largest absolute Gasteiger partial charge is 0.487 e. The zero-order chi connectivity index (χ0) is 37.7. The summed E-state index contributed by atoms with van der Waals surface area (Å²) >= 11 is 1.03. The molecule has 0 fully saturated rings. The molecule has 0 aliphatic carbocycles. The highest BCUT2D eigenvalue weighted by atomic mass is 32.1. The van der Waals surface area contributed by atoms with Crippen molar-refractivity contribution >= 4 is 34.1 Å². The van der Waals surface area contributed by atoms with Crippen LogP contribution in [-0.2, 0) is 0 Å². The lowest BCUT2D eigenvalue weighted by Crippen LogP contribution is -2.01. The van der Waals surface area contributed by atoms with E-state index < -0.39 is 9.85 Å². The highest BCUT2D eigenvalue weighted by Crippen LogP contribution is 2.30. The first kappa shape index (κ1) is 40.8. The van der Waals surface area contributed by atoms with Crippen LogP contribution < -0.4 is 9.47 Å². The number of hydrogen-bond donors (Lipinski definition) is 0. The van der Waals surface area contributed by atoms with Crippen LogP contribution in [0.3, 0.4) is 0 Å². The van der Waals surface area contributed by atoms with Crippen LogP contribution in [0.5, 0.6) is 11.5 Å². The molecule has 11 heteroatoms. The molecule has 53 heavy (non-hydrogen) atoms. The molecule has 1 heterocycles. The van der Waals surface area contributed by atoms with Gasteiger partial charge in [0.25, 0.3) is 0 Å². The van der Waals surface area contributed by atoms with Gasteiger partial charge in [0.15, 0.2) is 11.5 Å². The van der Waals surface area contributed by atoms with Crippen molar-refractivity contribution in [1.82, 2.24) is 8.75 Å². The number of hydrogen-bond acceptors (Lipinski definition) is 9. The van der Waals surface area contributed by atoms with Crippen LogP contribution in [0, 0.1) is 43.9 Å². The Labute approximate surface area is 317 Å². The molecule has 0 atom stereocenters. The normalized spacial score (nSPS) is 10.7. The lowest BCUT2D eigenvalue weighted by atomic mass is 10.1. The summed E-state index contributed by atoms with van der Waals surface area (Å²) < 4.78 is 20.4. The molecule has 0 saturated carbocycles. The van der Waals surface area contributed by atoms with E-state index in [1.165, 1.54) is 76.3 Å². The van der Waals surface area contributed by atoms with Gasteiger partial charge in [0.2, 0.25) is 0 Å². The van der Waals surface area contributed by atoms with E-state index in [0.717, 1.165) is 50.3 Å². The monoisotopic (exact) mass is 738 g/mol. The van der Waals surface area contributed by atoms with Gasteiger partial charge in [0.1, 0.15) is 11.0 Å². The molecule has 280 valence electrons. The second kappa shape index (κ2) is 22.8. The Morgan fingerprint density at radius 2 is 0.925 bits per heavy atom. The van der Waals surface area contributed by atoms with Gasteiger partial charge < -0.3 is 9.47 Å². The molecule has 0 bridgehead atoms. The van der Waals surface area contributed by atoms with Gasteiger partial charge in [-0.05, 0) is 49.2 Å². The molecule has 0 N–H and O–H groups in total. The van der Waals surface area contributed by atoms with E-state index >= 15 is 0 Å². The van der Waals surface area contributed by atoms with Gasteiger partial charge in [-0.15, -0.1) is 0 Å². The quantitative estimate of drug-likeness (QED) is 0.0337. The molecule has 0 amide bonds. The Hall–Kier alpha value is -5.00. The minimum Gasteiger partial charge on any atom is -0.487 e. The number of ether oxygens (including phenoxy) is 2.